The first-order chi connectivity index (χ1) is 10.5. The van der Waals surface area contributed by atoms with Crippen molar-refractivity contribution in [1.29, 1.82) is 0 Å². The van der Waals surface area contributed by atoms with Gasteiger partial charge in [-0.1, -0.05) is 66.7 Å². The largest absolute Gasteiger partial charge is 0.299 e. The first-order valence-electron chi connectivity index (χ1n) is 7.88. The molecule has 0 amide bonds. The fraction of sp³-hybridized carbons (Fsp3) is 0.286. The summed E-state index contributed by atoms with van der Waals surface area (Å²) < 4.78 is 0. The van der Waals surface area contributed by atoms with Crippen LogP contribution in [0.25, 0.3) is 5.57 Å². The molecule has 2 aromatic carbocycles. The van der Waals surface area contributed by atoms with Crippen molar-refractivity contribution in [3.05, 3.63) is 77.9 Å². The summed E-state index contributed by atoms with van der Waals surface area (Å²) in [5.74, 6) is 0.530. The maximum atomic E-state index is 12.7. The van der Waals surface area contributed by atoms with E-state index < -0.39 is 5.41 Å². The van der Waals surface area contributed by atoms with E-state index in [0.29, 0.717) is 12.2 Å². The van der Waals surface area contributed by atoms with Crippen molar-refractivity contribution in [3.63, 3.8) is 0 Å². The highest BCUT2D eigenvalue weighted by Gasteiger charge is 2.48. The molecule has 1 aliphatic rings. The molecular formula is C21H22O. The van der Waals surface area contributed by atoms with Crippen LogP contribution in [-0.4, -0.2) is 5.78 Å². The van der Waals surface area contributed by atoms with Crippen molar-refractivity contribution >= 4 is 11.4 Å². The van der Waals surface area contributed by atoms with Crippen LogP contribution in [0, 0.1) is 12.3 Å². The molecule has 0 bridgehead atoms. The van der Waals surface area contributed by atoms with Gasteiger partial charge in [-0.2, -0.15) is 0 Å². The third kappa shape index (κ3) is 2.31. The van der Waals surface area contributed by atoms with Crippen LogP contribution in [-0.2, 0) is 4.79 Å². The zero-order valence-corrected chi connectivity index (χ0v) is 13.3. The molecule has 0 radical (unpaired) electrons. The number of rotatable bonds is 3. The van der Waals surface area contributed by atoms with Crippen molar-refractivity contribution < 1.29 is 4.79 Å². The van der Waals surface area contributed by atoms with Gasteiger partial charge >= 0.3 is 0 Å². The van der Waals surface area contributed by atoms with Crippen LogP contribution in [0.15, 0.2) is 61.2 Å². The van der Waals surface area contributed by atoms with Crippen LogP contribution >= 0.6 is 0 Å². The second kappa shape index (κ2) is 5.57. The Kier molecular flexibility index (Phi) is 3.74. The lowest BCUT2D eigenvalue weighted by molar-refractivity contribution is -0.122. The molecule has 0 unspecified atom stereocenters. The van der Waals surface area contributed by atoms with Gasteiger partial charge in [-0.15, -0.1) is 0 Å². The zero-order valence-electron chi connectivity index (χ0n) is 13.3. The van der Waals surface area contributed by atoms with Gasteiger partial charge < -0.3 is 0 Å². The van der Waals surface area contributed by atoms with Gasteiger partial charge in [0.05, 0.1) is 5.41 Å². The van der Waals surface area contributed by atoms with Gasteiger partial charge in [0.2, 0.25) is 0 Å². The Bertz CT molecular complexity index is 696. The second-order valence-corrected chi connectivity index (χ2v) is 6.47. The summed E-state index contributed by atoms with van der Waals surface area (Å²) in [6.07, 6.45) is 1.55. The van der Waals surface area contributed by atoms with Crippen LogP contribution in [0.2, 0.25) is 0 Å². The first-order valence-corrected chi connectivity index (χ1v) is 7.88. The predicted molar refractivity (Wildman–Crippen MR) is 91.7 cm³/mol. The quantitative estimate of drug-likeness (QED) is 0.763. The van der Waals surface area contributed by atoms with E-state index >= 15 is 0 Å². The van der Waals surface area contributed by atoms with E-state index in [9.17, 15) is 4.79 Å². The molecule has 1 heteroatoms. The number of hydrogen-bond donors (Lipinski definition) is 0. The lowest BCUT2D eigenvalue weighted by atomic mass is 9.69. The van der Waals surface area contributed by atoms with E-state index in [-0.39, 0.29) is 5.92 Å². The summed E-state index contributed by atoms with van der Waals surface area (Å²) >= 11 is 0. The van der Waals surface area contributed by atoms with Gasteiger partial charge in [-0.25, -0.2) is 0 Å². The Morgan fingerprint density at radius 3 is 2.36 bits per heavy atom. The second-order valence-electron chi connectivity index (χ2n) is 6.47. The topological polar surface area (TPSA) is 17.1 Å². The van der Waals surface area contributed by atoms with E-state index in [0.717, 1.165) is 17.6 Å². The van der Waals surface area contributed by atoms with Crippen LogP contribution in [0.4, 0.5) is 0 Å². The van der Waals surface area contributed by atoms with Gasteiger partial charge in [-0.05, 0) is 37.0 Å². The molecule has 22 heavy (non-hydrogen) atoms. The van der Waals surface area contributed by atoms with E-state index in [2.05, 4.69) is 56.8 Å². The smallest absolute Gasteiger partial charge is 0.143 e. The molecule has 0 heterocycles. The van der Waals surface area contributed by atoms with Crippen molar-refractivity contribution in [2.75, 3.05) is 0 Å². The summed E-state index contributed by atoms with van der Waals surface area (Å²) in [4.78, 5) is 12.7. The van der Waals surface area contributed by atoms with Gasteiger partial charge in [0, 0.05) is 12.3 Å². The van der Waals surface area contributed by atoms with Gasteiger partial charge in [0.1, 0.15) is 5.78 Å². The summed E-state index contributed by atoms with van der Waals surface area (Å²) in [5, 5.41) is 0. The number of aryl methyl sites for hydroxylation is 1. The standard InChI is InChI=1S/C21H22O/c1-15-9-11-17(12-10-15)16(2)21(3)19(13-14-20(21)22)18-7-5-4-6-8-18/h4-12,19H,2,13-14H2,1,3H3/t19-,21+/m1/s1. The minimum absolute atomic E-state index is 0.218. The Labute approximate surface area is 132 Å². The van der Waals surface area contributed by atoms with E-state index in [1.807, 2.05) is 18.2 Å². The Morgan fingerprint density at radius 1 is 1.09 bits per heavy atom. The highest BCUT2D eigenvalue weighted by molar-refractivity contribution is 6.00. The minimum Gasteiger partial charge on any atom is -0.299 e. The van der Waals surface area contributed by atoms with Crippen LogP contribution in [0.3, 0.4) is 0 Å². The summed E-state index contributed by atoms with van der Waals surface area (Å²) in [6.45, 7) is 8.46. The highest BCUT2D eigenvalue weighted by atomic mass is 16.1. The van der Waals surface area contributed by atoms with Crippen molar-refractivity contribution in [1.82, 2.24) is 0 Å². The molecular weight excluding hydrogens is 268 g/mol. The molecule has 1 saturated carbocycles. The average Bonchev–Trinajstić information content (AvgIpc) is 2.85. The average molecular weight is 290 g/mol. The molecule has 1 fully saturated rings. The fourth-order valence-electron chi connectivity index (χ4n) is 3.64. The summed E-state index contributed by atoms with van der Waals surface area (Å²) in [6, 6.07) is 18.7. The number of carbonyl (C=O) groups excluding carboxylic acids is 1. The molecule has 2 aromatic rings. The molecule has 0 aliphatic heterocycles. The van der Waals surface area contributed by atoms with E-state index in [1.165, 1.54) is 11.1 Å². The van der Waals surface area contributed by atoms with Crippen LogP contribution in [0.1, 0.15) is 42.4 Å². The Hall–Kier alpha value is -2.15. The SMILES string of the molecule is C=C(c1ccc(C)cc1)[C@]1(C)C(=O)CC[C@@H]1c1ccccc1. The molecule has 112 valence electrons. The zero-order chi connectivity index (χ0) is 15.7. The van der Waals surface area contributed by atoms with Crippen LogP contribution in [0.5, 0.6) is 0 Å². The molecule has 2 atom stereocenters. The van der Waals surface area contributed by atoms with E-state index in [4.69, 9.17) is 0 Å². The number of allylic oxidation sites excluding steroid dienone is 1. The monoisotopic (exact) mass is 290 g/mol. The Balaban J connectivity index is 2.02. The van der Waals surface area contributed by atoms with Gasteiger partial charge in [-0.3, -0.25) is 4.79 Å². The first kappa shape index (κ1) is 14.8. The number of carbonyl (C=O) groups is 1. The lowest BCUT2D eigenvalue weighted by Crippen LogP contribution is -2.29. The van der Waals surface area contributed by atoms with Crippen molar-refractivity contribution in [2.24, 2.45) is 5.41 Å². The third-order valence-electron chi connectivity index (χ3n) is 5.17. The molecule has 1 nitrogen and oxygen atoms in total. The normalized spacial score (nSPS) is 24.5. The van der Waals surface area contributed by atoms with Crippen molar-refractivity contribution in [2.45, 2.75) is 32.6 Å². The molecule has 0 aromatic heterocycles. The molecule has 0 saturated heterocycles. The van der Waals surface area contributed by atoms with E-state index in [1.54, 1.807) is 0 Å². The summed E-state index contributed by atoms with van der Waals surface area (Å²) in [5.41, 5.74) is 3.98. The van der Waals surface area contributed by atoms with Gasteiger partial charge in [0.25, 0.3) is 0 Å². The number of Topliss-reactive ketones (excluding diaryl/α,β-unsaturated/α-hetero) is 1. The van der Waals surface area contributed by atoms with Crippen molar-refractivity contribution in [3.8, 4) is 0 Å². The fourth-order valence-corrected chi connectivity index (χ4v) is 3.64. The number of hydrogen-bond acceptors (Lipinski definition) is 1. The highest BCUT2D eigenvalue weighted by Crippen LogP contribution is 2.53. The molecule has 0 spiro atoms. The predicted octanol–water partition coefficient (Wildman–Crippen LogP) is 5.16. The Morgan fingerprint density at radius 2 is 1.73 bits per heavy atom. The van der Waals surface area contributed by atoms with Crippen LogP contribution < -0.4 is 0 Å². The molecule has 1 aliphatic carbocycles. The maximum absolute atomic E-state index is 12.7. The van der Waals surface area contributed by atoms with Gasteiger partial charge in [0.15, 0.2) is 0 Å². The maximum Gasteiger partial charge on any atom is 0.143 e. The minimum atomic E-state index is -0.503. The lowest BCUT2D eigenvalue weighted by Gasteiger charge is -2.33. The summed E-state index contributed by atoms with van der Waals surface area (Å²) in [7, 11) is 0. The molecule has 3 rings (SSSR count). The number of ketones is 1. The third-order valence-corrected chi connectivity index (χ3v) is 5.17. The number of benzene rings is 2. The molecule has 0 N–H and O–H groups in total.